The molecule has 0 bridgehead atoms. The van der Waals surface area contributed by atoms with Crippen molar-refractivity contribution in [3.8, 4) is 16.3 Å². The molecule has 1 saturated carbocycles. The number of rotatable bonds is 6. The molecule has 4 nitrogen and oxygen atoms in total. The van der Waals surface area contributed by atoms with Gasteiger partial charge in [0.15, 0.2) is 0 Å². The summed E-state index contributed by atoms with van der Waals surface area (Å²) in [6, 6.07) is 15.7. The predicted octanol–water partition coefficient (Wildman–Crippen LogP) is 4.93. The summed E-state index contributed by atoms with van der Waals surface area (Å²) in [7, 11) is 0. The number of carbonyl (C=O) groups excluding carboxylic acids is 1. The Morgan fingerprint density at radius 1 is 1.23 bits per heavy atom. The molecule has 1 amide bonds. The number of hydrogen-bond donors (Lipinski definition) is 1. The van der Waals surface area contributed by atoms with Crippen molar-refractivity contribution in [2.24, 2.45) is 0 Å². The molecule has 0 atom stereocenters. The zero-order valence-electron chi connectivity index (χ0n) is 13.9. The normalized spacial score (nSPS) is 13.4. The molecule has 1 fully saturated rings. The van der Waals surface area contributed by atoms with Crippen molar-refractivity contribution < 1.29 is 9.53 Å². The summed E-state index contributed by atoms with van der Waals surface area (Å²) < 4.78 is 5.86. The first-order valence-corrected chi connectivity index (χ1v) is 9.67. The number of amides is 1. The number of thiazole rings is 1. The Morgan fingerprint density at radius 2 is 2.04 bits per heavy atom. The van der Waals surface area contributed by atoms with Crippen LogP contribution in [-0.2, 0) is 6.61 Å². The molecule has 26 heavy (non-hydrogen) atoms. The van der Waals surface area contributed by atoms with Crippen LogP contribution in [0.15, 0.2) is 53.9 Å². The van der Waals surface area contributed by atoms with E-state index in [1.54, 1.807) is 5.38 Å². The SMILES string of the molecule is O=C(NC1CC1)c1csc(-c2cccc(OCc3ccc(Cl)cc3)c2)n1. The number of hydrogen-bond acceptors (Lipinski definition) is 4. The number of nitrogens with one attached hydrogen (secondary N) is 1. The average molecular weight is 385 g/mol. The van der Waals surface area contributed by atoms with E-state index in [0.29, 0.717) is 23.4 Å². The first-order chi connectivity index (χ1) is 12.7. The molecule has 1 heterocycles. The molecule has 0 spiro atoms. The standard InChI is InChI=1S/C20H17ClN2O2S/c21-15-6-4-13(5-7-15)11-25-17-3-1-2-14(10-17)20-23-18(12-26-20)19(24)22-16-8-9-16/h1-7,10,12,16H,8-9,11H2,(H,22,24). The number of carbonyl (C=O) groups is 1. The van der Waals surface area contributed by atoms with Gasteiger partial charge >= 0.3 is 0 Å². The summed E-state index contributed by atoms with van der Waals surface area (Å²) >= 11 is 7.36. The summed E-state index contributed by atoms with van der Waals surface area (Å²) in [5.74, 6) is 0.668. The molecular formula is C20H17ClN2O2S. The summed E-state index contributed by atoms with van der Waals surface area (Å²) in [5, 5.41) is 6.28. The van der Waals surface area contributed by atoms with Gasteiger partial charge in [-0.3, -0.25) is 4.79 Å². The summed E-state index contributed by atoms with van der Waals surface area (Å²) in [5.41, 5.74) is 2.46. The Morgan fingerprint density at radius 3 is 2.81 bits per heavy atom. The third-order valence-corrected chi connectivity index (χ3v) is 5.19. The van der Waals surface area contributed by atoms with Gasteiger partial charge in [0, 0.05) is 22.0 Å². The largest absolute Gasteiger partial charge is 0.489 e. The van der Waals surface area contributed by atoms with Gasteiger partial charge in [-0.05, 0) is 42.7 Å². The molecule has 1 aliphatic carbocycles. The second kappa shape index (κ2) is 7.48. The van der Waals surface area contributed by atoms with Crippen LogP contribution in [0.1, 0.15) is 28.9 Å². The Labute approximate surface area is 160 Å². The Hall–Kier alpha value is -2.37. The van der Waals surface area contributed by atoms with Crippen LogP contribution in [0.4, 0.5) is 0 Å². The van der Waals surface area contributed by atoms with Crippen molar-refractivity contribution in [3.05, 3.63) is 70.2 Å². The number of nitrogens with zero attached hydrogens (tertiary/aromatic N) is 1. The van der Waals surface area contributed by atoms with E-state index in [1.165, 1.54) is 11.3 Å². The van der Waals surface area contributed by atoms with Gasteiger partial charge in [-0.1, -0.05) is 35.9 Å². The molecule has 1 aliphatic rings. The smallest absolute Gasteiger partial charge is 0.270 e. The lowest BCUT2D eigenvalue weighted by Gasteiger charge is -2.07. The van der Waals surface area contributed by atoms with Gasteiger partial charge in [0.2, 0.25) is 0 Å². The molecule has 0 aliphatic heterocycles. The van der Waals surface area contributed by atoms with Crippen molar-refractivity contribution in [2.45, 2.75) is 25.5 Å². The minimum Gasteiger partial charge on any atom is -0.489 e. The van der Waals surface area contributed by atoms with Crippen LogP contribution in [0.5, 0.6) is 5.75 Å². The molecule has 0 radical (unpaired) electrons. The van der Waals surface area contributed by atoms with E-state index >= 15 is 0 Å². The highest BCUT2D eigenvalue weighted by Gasteiger charge is 2.24. The van der Waals surface area contributed by atoms with Gasteiger partial charge in [-0.25, -0.2) is 4.98 Å². The maximum absolute atomic E-state index is 12.1. The molecule has 4 rings (SSSR count). The maximum atomic E-state index is 12.1. The van der Waals surface area contributed by atoms with E-state index in [0.717, 1.165) is 34.7 Å². The van der Waals surface area contributed by atoms with Crippen molar-refractivity contribution >= 4 is 28.8 Å². The van der Waals surface area contributed by atoms with E-state index in [-0.39, 0.29) is 5.91 Å². The minimum atomic E-state index is -0.0925. The molecule has 1 N–H and O–H groups in total. The highest BCUT2D eigenvalue weighted by atomic mass is 35.5. The van der Waals surface area contributed by atoms with Crippen LogP contribution < -0.4 is 10.1 Å². The molecule has 0 unspecified atom stereocenters. The Kier molecular flexibility index (Phi) is 4.91. The minimum absolute atomic E-state index is 0.0925. The van der Waals surface area contributed by atoms with Gasteiger partial charge in [-0.15, -0.1) is 11.3 Å². The van der Waals surface area contributed by atoms with Crippen LogP contribution in [0, 0.1) is 0 Å². The predicted molar refractivity (Wildman–Crippen MR) is 104 cm³/mol. The van der Waals surface area contributed by atoms with Crippen molar-refractivity contribution in [1.82, 2.24) is 10.3 Å². The quantitative estimate of drug-likeness (QED) is 0.655. The highest BCUT2D eigenvalue weighted by Crippen LogP contribution is 2.28. The first kappa shape index (κ1) is 17.1. The number of benzene rings is 2. The number of aromatic nitrogens is 1. The maximum Gasteiger partial charge on any atom is 0.270 e. The third-order valence-electron chi connectivity index (χ3n) is 4.05. The lowest BCUT2D eigenvalue weighted by atomic mass is 10.2. The second-order valence-corrected chi connectivity index (χ2v) is 7.52. The molecule has 132 valence electrons. The average Bonchev–Trinajstić information content (AvgIpc) is 3.33. The van der Waals surface area contributed by atoms with Crippen LogP contribution in [-0.4, -0.2) is 16.9 Å². The number of ether oxygens (including phenoxy) is 1. The molecule has 0 saturated heterocycles. The van der Waals surface area contributed by atoms with Crippen LogP contribution in [0.25, 0.3) is 10.6 Å². The van der Waals surface area contributed by atoms with Gasteiger partial charge in [0.1, 0.15) is 23.1 Å². The lowest BCUT2D eigenvalue weighted by molar-refractivity contribution is 0.0947. The van der Waals surface area contributed by atoms with E-state index in [2.05, 4.69) is 10.3 Å². The molecule has 1 aromatic heterocycles. The topological polar surface area (TPSA) is 51.2 Å². The van der Waals surface area contributed by atoms with E-state index in [1.807, 2.05) is 48.5 Å². The molecular weight excluding hydrogens is 368 g/mol. The summed E-state index contributed by atoms with van der Waals surface area (Å²) in [6.45, 7) is 0.466. The van der Waals surface area contributed by atoms with Crippen LogP contribution in [0.2, 0.25) is 5.02 Å². The fourth-order valence-corrected chi connectivity index (χ4v) is 3.39. The van der Waals surface area contributed by atoms with Gasteiger partial charge in [0.25, 0.3) is 5.91 Å². The third kappa shape index (κ3) is 4.23. The van der Waals surface area contributed by atoms with Crippen LogP contribution in [0.3, 0.4) is 0 Å². The Balaban J connectivity index is 1.44. The van der Waals surface area contributed by atoms with Gasteiger partial charge in [0.05, 0.1) is 0 Å². The monoisotopic (exact) mass is 384 g/mol. The number of halogens is 1. The van der Waals surface area contributed by atoms with Crippen molar-refractivity contribution in [3.63, 3.8) is 0 Å². The summed E-state index contributed by atoms with van der Waals surface area (Å²) in [4.78, 5) is 16.6. The zero-order valence-corrected chi connectivity index (χ0v) is 15.5. The molecule has 6 heteroatoms. The Bertz CT molecular complexity index is 920. The second-order valence-electron chi connectivity index (χ2n) is 6.23. The molecule has 2 aromatic carbocycles. The van der Waals surface area contributed by atoms with Gasteiger partial charge in [-0.2, -0.15) is 0 Å². The zero-order chi connectivity index (χ0) is 17.9. The summed E-state index contributed by atoms with van der Waals surface area (Å²) in [6.07, 6.45) is 2.13. The first-order valence-electron chi connectivity index (χ1n) is 8.41. The van der Waals surface area contributed by atoms with Crippen molar-refractivity contribution in [2.75, 3.05) is 0 Å². The highest BCUT2D eigenvalue weighted by molar-refractivity contribution is 7.13. The lowest BCUT2D eigenvalue weighted by Crippen LogP contribution is -2.25. The van der Waals surface area contributed by atoms with Crippen LogP contribution >= 0.6 is 22.9 Å². The molecule has 3 aromatic rings. The van der Waals surface area contributed by atoms with Crippen molar-refractivity contribution in [1.29, 1.82) is 0 Å². The van der Waals surface area contributed by atoms with E-state index < -0.39 is 0 Å². The van der Waals surface area contributed by atoms with Gasteiger partial charge < -0.3 is 10.1 Å². The van der Waals surface area contributed by atoms with E-state index in [4.69, 9.17) is 16.3 Å². The fourth-order valence-electron chi connectivity index (χ4n) is 2.46. The fraction of sp³-hybridized carbons (Fsp3) is 0.200. The van der Waals surface area contributed by atoms with E-state index in [9.17, 15) is 4.79 Å².